The van der Waals surface area contributed by atoms with Crippen molar-refractivity contribution in [3.05, 3.63) is 76.0 Å². The maximum absolute atomic E-state index is 12.2. The fourth-order valence-corrected chi connectivity index (χ4v) is 2.64. The van der Waals surface area contributed by atoms with Crippen LogP contribution in [0.3, 0.4) is 0 Å². The predicted octanol–water partition coefficient (Wildman–Crippen LogP) is 0.727. The third kappa shape index (κ3) is 4.91. The van der Waals surface area contributed by atoms with Crippen LogP contribution in [-0.2, 0) is 34.2 Å². The van der Waals surface area contributed by atoms with Crippen molar-refractivity contribution in [2.75, 3.05) is 6.61 Å². The van der Waals surface area contributed by atoms with Crippen LogP contribution in [0.5, 0.6) is 0 Å². The van der Waals surface area contributed by atoms with Gasteiger partial charge in [-0.25, -0.2) is 9.48 Å². The molecule has 144 valence electrons. The van der Waals surface area contributed by atoms with Gasteiger partial charge >= 0.3 is 11.9 Å². The topological polar surface area (TPSA) is 116 Å². The van der Waals surface area contributed by atoms with Crippen LogP contribution < -0.4 is 5.43 Å². The van der Waals surface area contributed by atoms with E-state index in [9.17, 15) is 14.4 Å². The van der Waals surface area contributed by atoms with Crippen molar-refractivity contribution in [3.63, 3.8) is 0 Å². The van der Waals surface area contributed by atoms with Gasteiger partial charge in [0.25, 0.3) is 0 Å². The number of rotatable bonds is 7. The molecule has 0 spiro atoms. The zero-order valence-electron chi connectivity index (χ0n) is 15.1. The third-order valence-corrected chi connectivity index (χ3v) is 3.90. The molecule has 0 aliphatic heterocycles. The summed E-state index contributed by atoms with van der Waals surface area (Å²) in [6.45, 7) is -0.666. The van der Waals surface area contributed by atoms with Gasteiger partial charge in [-0.15, -0.1) is 0 Å². The first-order chi connectivity index (χ1) is 13.4. The van der Waals surface area contributed by atoms with Gasteiger partial charge in [0, 0.05) is 25.7 Å². The second kappa shape index (κ2) is 8.30. The molecule has 0 unspecified atom stereocenters. The van der Waals surface area contributed by atoms with Crippen LogP contribution in [0.15, 0.2) is 53.7 Å². The Labute approximate surface area is 159 Å². The fraction of sp³-hybridized carbons (Fsp3) is 0.211. The first-order valence-electron chi connectivity index (χ1n) is 8.44. The quantitative estimate of drug-likeness (QED) is 0.599. The van der Waals surface area contributed by atoms with Crippen LogP contribution in [-0.4, -0.2) is 43.2 Å². The van der Waals surface area contributed by atoms with Crippen molar-refractivity contribution in [1.29, 1.82) is 0 Å². The lowest BCUT2D eigenvalue weighted by molar-refractivity contribution is -0.154. The molecule has 0 fully saturated rings. The zero-order chi connectivity index (χ0) is 20.1. The lowest BCUT2D eigenvalue weighted by Gasteiger charge is -2.07. The van der Waals surface area contributed by atoms with E-state index in [-0.39, 0.29) is 18.3 Å². The van der Waals surface area contributed by atoms with E-state index in [1.54, 1.807) is 53.2 Å². The summed E-state index contributed by atoms with van der Waals surface area (Å²) in [4.78, 5) is 34.3. The van der Waals surface area contributed by atoms with Crippen LogP contribution in [0.25, 0.3) is 5.69 Å². The normalized spacial score (nSPS) is 10.6. The molecule has 1 aromatic carbocycles. The molecule has 0 aliphatic carbocycles. The van der Waals surface area contributed by atoms with Crippen molar-refractivity contribution in [3.8, 4) is 5.69 Å². The number of aromatic nitrogens is 4. The fourth-order valence-electron chi connectivity index (χ4n) is 2.64. The van der Waals surface area contributed by atoms with Gasteiger partial charge in [-0.3, -0.25) is 14.3 Å². The van der Waals surface area contributed by atoms with E-state index in [0.717, 1.165) is 11.3 Å². The largest absolute Gasteiger partial charge is 0.479 e. The standard InChI is InChI=1S/C19H18N4O5/c1-22-11-15(10-20-22)23-6-5-17(24)16(21-23)8-13-3-2-4-14(7-13)9-19(27)28-12-18(25)26/h2-7,10-11H,8-9,12H2,1H3,(H,25,26). The number of aliphatic carboxylic acids is 1. The Morgan fingerprint density at radius 3 is 2.71 bits per heavy atom. The number of carbonyl (C=O) groups excluding carboxylic acids is 1. The molecule has 0 amide bonds. The van der Waals surface area contributed by atoms with Crippen LogP contribution in [0, 0.1) is 0 Å². The molecule has 2 heterocycles. The molecule has 0 bridgehead atoms. The van der Waals surface area contributed by atoms with Gasteiger partial charge in [0.2, 0.25) is 5.43 Å². The lowest BCUT2D eigenvalue weighted by atomic mass is 10.0. The maximum Gasteiger partial charge on any atom is 0.341 e. The summed E-state index contributed by atoms with van der Waals surface area (Å²) in [6.07, 6.45) is 5.24. The van der Waals surface area contributed by atoms with Gasteiger partial charge < -0.3 is 9.84 Å². The summed E-state index contributed by atoms with van der Waals surface area (Å²) in [5, 5.41) is 17.0. The first kappa shape index (κ1) is 19.0. The highest BCUT2D eigenvalue weighted by molar-refractivity contribution is 5.76. The molecule has 0 atom stereocenters. The zero-order valence-corrected chi connectivity index (χ0v) is 15.1. The van der Waals surface area contributed by atoms with E-state index in [1.165, 1.54) is 6.07 Å². The number of carbonyl (C=O) groups is 2. The molecule has 9 nitrogen and oxygen atoms in total. The van der Waals surface area contributed by atoms with E-state index in [1.807, 2.05) is 6.07 Å². The monoisotopic (exact) mass is 382 g/mol. The maximum atomic E-state index is 12.2. The average molecular weight is 382 g/mol. The molecule has 3 aromatic rings. The van der Waals surface area contributed by atoms with Gasteiger partial charge in [-0.2, -0.15) is 10.2 Å². The third-order valence-electron chi connectivity index (χ3n) is 3.90. The lowest BCUT2D eigenvalue weighted by Crippen LogP contribution is -2.16. The Morgan fingerprint density at radius 2 is 2.00 bits per heavy atom. The Kier molecular flexibility index (Phi) is 5.64. The predicted molar refractivity (Wildman–Crippen MR) is 98.1 cm³/mol. The van der Waals surface area contributed by atoms with Crippen molar-refractivity contribution in [1.82, 2.24) is 19.6 Å². The van der Waals surface area contributed by atoms with Gasteiger partial charge in [-0.1, -0.05) is 24.3 Å². The number of esters is 1. The molecular weight excluding hydrogens is 364 g/mol. The van der Waals surface area contributed by atoms with E-state index in [2.05, 4.69) is 14.9 Å². The molecule has 2 aromatic heterocycles. The molecule has 0 saturated heterocycles. The van der Waals surface area contributed by atoms with Gasteiger partial charge in [0.1, 0.15) is 11.4 Å². The summed E-state index contributed by atoms with van der Waals surface area (Å²) < 4.78 is 7.86. The van der Waals surface area contributed by atoms with Crippen molar-refractivity contribution in [2.24, 2.45) is 7.05 Å². The van der Waals surface area contributed by atoms with E-state index in [4.69, 9.17) is 5.11 Å². The molecule has 1 N–H and O–H groups in total. The van der Waals surface area contributed by atoms with E-state index >= 15 is 0 Å². The minimum absolute atomic E-state index is 0.0523. The SMILES string of the molecule is Cn1cc(-n2ccc(=O)c(Cc3cccc(CC(=O)OCC(=O)O)c3)n2)cn1. The minimum Gasteiger partial charge on any atom is -0.479 e. The van der Waals surface area contributed by atoms with Crippen molar-refractivity contribution < 1.29 is 19.4 Å². The summed E-state index contributed by atoms with van der Waals surface area (Å²) in [5.41, 5.74) is 2.37. The summed E-state index contributed by atoms with van der Waals surface area (Å²) in [6, 6.07) is 8.54. The van der Waals surface area contributed by atoms with E-state index in [0.29, 0.717) is 11.3 Å². The van der Waals surface area contributed by atoms with Gasteiger partial charge in [0.15, 0.2) is 6.61 Å². The molecule has 9 heteroatoms. The number of hydrogen-bond acceptors (Lipinski definition) is 6. The highest BCUT2D eigenvalue weighted by Gasteiger charge is 2.10. The minimum atomic E-state index is -1.21. The molecule has 28 heavy (non-hydrogen) atoms. The molecule has 0 aliphatic rings. The first-order valence-corrected chi connectivity index (χ1v) is 8.44. The number of benzene rings is 1. The van der Waals surface area contributed by atoms with Crippen molar-refractivity contribution >= 4 is 11.9 Å². The van der Waals surface area contributed by atoms with Crippen molar-refractivity contribution in [2.45, 2.75) is 12.8 Å². The second-order valence-corrected chi connectivity index (χ2v) is 6.17. The molecule has 0 radical (unpaired) electrons. The Balaban J connectivity index is 1.76. The Morgan fingerprint density at radius 1 is 1.21 bits per heavy atom. The number of aryl methyl sites for hydroxylation is 1. The number of carboxylic acid groups (broad SMARTS) is 1. The smallest absolute Gasteiger partial charge is 0.341 e. The molecular formula is C19H18N4O5. The van der Waals surface area contributed by atoms with Crippen LogP contribution in [0.2, 0.25) is 0 Å². The molecule has 3 rings (SSSR count). The number of nitrogens with zero attached hydrogens (tertiary/aromatic N) is 4. The van der Waals surface area contributed by atoms with Crippen LogP contribution in [0.4, 0.5) is 0 Å². The number of hydrogen-bond donors (Lipinski definition) is 1. The highest BCUT2D eigenvalue weighted by Crippen LogP contribution is 2.11. The van der Waals surface area contributed by atoms with Crippen LogP contribution in [0.1, 0.15) is 16.8 Å². The molecule has 0 saturated carbocycles. The summed E-state index contributed by atoms with van der Waals surface area (Å²) >= 11 is 0. The Bertz CT molecular complexity index is 1070. The second-order valence-electron chi connectivity index (χ2n) is 6.17. The summed E-state index contributed by atoms with van der Waals surface area (Å²) in [5.74, 6) is -1.83. The van der Waals surface area contributed by atoms with Gasteiger partial charge in [0.05, 0.1) is 18.8 Å². The van der Waals surface area contributed by atoms with Gasteiger partial charge in [-0.05, 0) is 11.1 Å². The summed E-state index contributed by atoms with van der Waals surface area (Å²) in [7, 11) is 1.79. The number of ether oxygens (including phenoxy) is 1. The average Bonchev–Trinajstić information content (AvgIpc) is 3.08. The highest BCUT2D eigenvalue weighted by atomic mass is 16.5. The van der Waals surface area contributed by atoms with E-state index < -0.39 is 18.5 Å². The number of carboxylic acids is 1. The Hall–Kier alpha value is -3.75. The van der Waals surface area contributed by atoms with Crippen LogP contribution >= 0.6 is 0 Å².